The molecule has 37 heavy (non-hydrogen) atoms. The van der Waals surface area contributed by atoms with Gasteiger partial charge in [0, 0.05) is 19.0 Å². The van der Waals surface area contributed by atoms with Gasteiger partial charge in [-0.3, -0.25) is 9.52 Å². The first-order valence-electron chi connectivity index (χ1n) is 10.6. The zero-order chi connectivity index (χ0) is 27.6. The number of carboxylic acid groups (broad SMARTS) is 1. The summed E-state index contributed by atoms with van der Waals surface area (Å²) >= 11 is 0. The molecule has 1 fully saturated rings. The van der Waals surface area contributed by atoms with Gasteiger partial charge >= 0.3 is 18.1 Å². The summed E-state index contributed by atoms with van der Waals surface area (Å²) in [5.74, 6) is -10.4. The van der Waals surface area contributed by atoms with Crippen LogP contribution in [0.15, 0.2) is 36.4 Å². The average molecular weight is 546 g/mol. The molecule has 1 aliphatic heterocycles. The highest BCUT2D eigenvalue weighted by Gasteiger charge is 2.61. The standard InChI is InChI=1S/C22H19F5N4O5S/c23-21(24,22(25,26)27)17-16(20(33)34)10-15(11-28)18(29-17)31-8-6-14(7-9-31)19(32)30-37(35,36)12-13-4-2-1-3-5-13/h1-5,10,14H,6-9,12H2,(H,30,32)(H,33,34). The number of nitriles is 1. The molecule has 0 saturated carbocycles. The second kappa shape index (κ2) is 10.3. The maximum absolute atomic E-state index is 14.1. The van der Waals surface area contributed by atoms with E-state index < -0.39 is 68.3 Å². The van der Waals surface area contributed by atoms with Crippen molar-refractivity contribution in [2.24, 2.45) is 5.92 Å². The molecule has 2 N–H and O–H groups in total. The molecular weight excluding hydrogens is 527 g/mol. The highest BCUT2D eigenvalue weighted by molar-refractivity contribution is 7.89. The van der Waals surface area contributed by atoms with Crippen LogP contribution in [0.2, 0.25) is 0 Å². The number of carboxylic acids is 1. The van der Waals surface area contributed by atoms with Crippen molar-refractivity contribution < 1.29 is 45.1 Å². The second-order valence-electron chi connectivity index (χ2n) is 8.22. The van der Waals surface area contributed by atoms with Gasteiger partial charge in [0.2, 0.25) is 15.9 Å². The third kappa shape index (κ3) is 6.13. The summed E-state index contributed by atoms with van der Waals surface area (Å²) < 4.78 is 93.7. The fraction of sp³-hybridized carbons (Fsp3) is 0.364. The minimum absolute atomic E-state index is 0.0368. The van der Waals surface area contributed by atoms with Crippen molar-refractivity contribution in [3.63, 3.8) is 0 Å². The molecule has 15 heteroatoms. The third-order valence-corrected chi connectivity index (χ3v) is 6.85. The van der Waals surface area contributed by atoms with Gasteiger partial charge in [-0.1, -0.05) is 30.3 Å². The molecule has 9 nitrogen and oxygen atoms in total. The van der Waals surface area contributed by atoms with E-state index in [4.69, 9.17) is 5.11 Å². The van der Waals surface area contributed by atoms with E-state index in [1.807, 2.05) is 4.72 Å². The molecule has 1 amide bonds. The van der Waals surface area contributed by atoms with E-state index in [0.29, 0.717) is 11.6 Å². The maximum atomic E-state index is 14.1. The van der Waals surface area contributed by atoms with Crippen molar-refractivity contribution in [2.45, 2.75) is 30.7 Å². The number of halogens is 5. The van der Waals surface area contributed by atoms with Gasteiger partial charge in [-0.25, -0.2) is 18.2 Å². The van der Waals surface area contributed by atoms with Crippen LogP contribution in [0.4, 0.5) is 27.8 Å². The molecule has 2 aromatic rings. The molecule has 1 aromatic carbocycles. The van der Waals surface area contributed by atoms with Gasteiger partial charge in [-0.15, -0.1) is 0 Å². The Kier molecular flexibility index (Phi) is 7.72. The summed E-state index contributed by atoms with van der Waals surface area (Å²) in [5, 5.41) is 18.5. The van der Waals surface area contributed by atoms with E-state index in [1.165, 1.54) is 4.90 Å². The predicted molar refractivity (Wildman–Crippen MR) is 118 cm³/mol. The Morgan fingerprint density at radius 1 is 1.14 bits per heavy atom. The fourth-order valence-electron chi connectivity index (χ4n) is 3.78. The van der Waals surface area contributed by atoms with E-state index in [9.17, 15) is 45.2 Å². The van der Waals surface area contributed by atoms with Crippen LogP contribution in [-0.2, 0) is 26.5 Å². The first-order valence-corrected chi connectivity index (χ1v) is 12.3. The van der Waals surface area contributed by atoms with Gasteiger partial charge in [0.25, 0.3) is 0 Å². The topological polar surface area (TPSA) is 140 Å². The molecule has 2 heterocycles. The molecule has 0 unspecified atom stereocenters. The minimum Gasteiger partial charge on any atom is -0.478 e. The number of sulfonamides is 1. The zero-order valence-electron chi connectivity index (χ0n) is 18.8. The molecule has 198 valence electrons. The fourth-order valence-corrected chi connectivity index (χ4v) is 4.96. The molecule has 0 aliphatic carbocycles. The van der Waals surface area contributed by atoms with Crippen LogP contribution in [0.1, 0.15) is 40.0 Å². The van der Waals surface area contributed by atoms with E-state index in [0.717, 1.165) is 0 Å². The van der Waals surface area contributed by atoms with Gasteiger partial charge < -0.3 is 10.0 Å². The number of rotatable bonds is 7. The number of anilines is 1. The molecule has 0 radical (unpaired) electrons. The number of amides is 1. The lowest BCUT2D eigenvalue weighted by Gasteiger charge is -2.33. The third-order valence-electron chi connectivity index (χ3n) is 5.63. The summed E-state index contributed by atoms with van der Waals surface area (Å²) in [7, 11) is -4.02. The van der Waals surface area contributed by atoms with Crippen LogP contribution < -0.4 is 9.62 Å². The van der Waals surface area contributed by atoms with Crippen LogP contribution in [0.5, 0.6) is 0 Å². The predicted octanol–water partition coefficient (Wildman–Crippen LogP) is 3.17. The summed E-state index contributed by atoms with van der Waals surface area (Å²) in [6, 6.07) is 10.0. The number of benzene rings is 1. The lowest BCUT2D eigenvalue weighted by atomic mass is 9.95. The number of hydrogen-bond donors (Lipinski definition) is 2. The minimum atomic E-state index is -6.15. The highest BCUT2D eigenvalue weighted by Crippen LogP contribution is 2.45. The average Bonchev–Trinajstić information content (AvgIpc) is 2.82. The van der Waals surface area contributed by atoms with Crippen LogP contribution in [0.3, 0.4) is 0 Å². The van der Waals surface area contributed by atoms with Crippen molar-refractivity contribution in [3.05, 3.63) is 58.8 Å². The number of piperidine rings is 1. The zero-order valence-corrected chi connectivity index (χ0v) is 19.6. The Hall–Kier alpha value is -3.80. The van der Waals surface area contributed by atoms with Crippen LogP contribution in [0, 0.1) is 17.2 Å². The normalized spacial score (nSPS) is 15.2. The Bertz CT molecular complexity index is 1340. The first kappa shape index (κ1) is 27.8. The van der Waals surface area contributed by atoms with Crippen molar-refractivity contribution in [1.82, 2.24) is 9.71 Å². The molecule has 1 saturated heterocycles. The number of carbonyl (C=O) groups excluding carboxylic acids is 1. The Balaban J connectivity index is 1.79. The number of hydrogen-bond acceptors (Lipinski definition) is 7. The molecule has 3 rings (SSSR count). The largest absolute Gasteiger partial charge is 0.478 e. The van der Waals surface area contributed by atoms with Crippen molar-refractivity contribution >= 4 is 27.7 Å². The van der Waals surface area contributed by atoms with E-state index in [-0.39, 0.29) is 25.9 Å². The van der Waals surface area contributed by atoms with Crippen molar-refractivity contribution in [2.75, 3.05) is 18.0 Å². The van der Waals surface area contributed by atoms with Crippen molar-refractivity contribution in [1.29, 1.82) is 5.26 Å². The monoisotopic (exact) mass is 546 g/mol. The van der Waals surface area contributed by atoms with Gasteiger partial charge in [-0.05, 0) is 24.5 Å². The lowest BCUT2D eigenvalue weighted by molar-refractivity contribution is -0.291. The smallest absolute Gasteiger partial charge is 0.459 e. The number of pyridine rings is 1. The Morgan fingerprint density at radius 3 is 2.24 bits per heavy atom. The van der Waals surface area contributed by atoms with Crippen LogP contribution >= 0.6 is 0 Å². The number of carbonyl (C=O) groups is 2. The summed E-state index contributed by atoms with van der Waals surface area (Å²) in [6.07, 6.45) is -6.22. The number of nitrogens with one attached hydrogen (secondary N) is 1. The number of alkyl halides is 5. The molecule has 0 bridgehead atoms. The number of nitrogens with zero attached hydrogens (tertiary/aromatic N) is 3. The summed E-state index contributed by atoms with van der Waals surface area (Å²) in [6.45, 7) is -0.302. The molecule has 1 aliphatic rings. The van der Waals surface area contributed by atoms with Crippen LogP contribution in [0.25, 0.3) is 0 Å². The van der Waals surface area contributed by atoms with Crippen molar-refractivity contribution in [3.8, 4) is 6.07 Å². The molecule has 0 atom stereocenters. The molecule has 1 aromatic heterocycles. The van der Waals surface area contributed by atoms with Gasteiger partial charge in [0.05, 0.1) is 16.9 Å². The number of aromatic nitrogens is 1. The summed E-state index contributed by atoms with van der Waals surface area (Å²) in [5.41, 5.74) is -3.63. The van der Waals surface area contributed by atoms with Gasteiger partial charge in [-0.2, -0.15) is 27.2 Å². The summed E-state index contributed by atoms with van der Waals surface area (Å²) in [4.78, 5) is 28.3. The van der Waals surface area contributed by atoms with Gasteiger partial charge in [0.15, 0.2) is 0 Å². The quantitative estimate of drug-likeness (QED) is 0.505. The maximum Gasteiger partial charge on any atom is 0.459 e. The molecular formula is C22H19F5N4O5S. The van der Waals surface area contributed by atoms with E-state index in [2.05, 4.69) is 4.98 Å². The number of aromatic carboxylic acids is 1. The lowest BCUT2D eigenvalue weighted by Crippen LogP contribution is -2.43. The first-order chi connectivity index (χ1) is 17.2. The van der Waals surface area contributed by atoms with E-state index >= 15 is 0 Å². The Labute approximate surface area is 207 Å². The molecule has 0 spiro atoms. The Morgan fingerprint density at radius 2 is 1.73 bits per heavy atom. The van der Waals surface area contributed by atoms with Crippen LogP contribution in [-0.4, -0.2) is 49.7 Å². The highest BCUT2D eigenvalue weighted by atomic mass is 32.2. The van der Waals surface area contributed by atoms with E-state index in [1.54, 1.807) is 36.4 Å². The van der Waals surface area contributed by atoms with Gasteiger partial charge in [0.1, 0.15) is 17.6 Å². The second-order valence-corrected chi connectivity index (χ2v) is 9.94. The SMILES string of the molecule is N#Cc1cc(C(=O)O)c(C(F)(F)C(F)(F)F)nc1N1CCC(C(=O)NS(=O)(=O)Cc2ccccc2)CC1.